The van der Waals surface area contributed by atoms with Crippen molar-refractivity contribution in [2.45, 2.75) is 32.6 Å². The number of rotatable bonds is 5. The maximum Gasteiger partial charge on any atom is 0.308 e. The minimum absolute atomic E-state index is 0. The van der Waals surface area contributed by atoms with E-state index < -0.39 is 23.8 Å². The first-order valence-electron chi connectivity index (χ1n) is 7.13. The largest absolute Gasteiger partial charge is 0.480 e. The zero-order valence-electron chi connectivity index (χ0n) is 13.6. The van der Waals surface area contributed by atoms with Gasteiger partial charge in [-0.3, -0.25) is 15.3 Å². The predicted octanol–water partition coefficient (Wildman–Crippen LogP) is 2.02. The lowest BCUT2D eigenvalue weighted by molar-refractivity contribution is -0.134. The van der Waals surface area contributed by atoms with E-state index in [-0.39, 0.29) is 23.9 Å². The van der Waals surface area contributed by atoms with Gasteiger partial charge in [0, 0.05) is 20.5 Å². The Morgan fingerprint density at radius 3 is 2.33 bits per heavy atom. The van der Waals surface area contributed by atoms with Gasteiger partial charge in [-0.05, 0) is 30.7 Å². The molecule has 0 bridgehead atoms. The van der Waals surface area contributed by atoms with Crippen molar-refractivity contribution >= 4 is 24.3 Å². The summed E-state index contributed by atoms with van der Waals surface area (Å²) in [7, 11) is 0. The standard InChI is InChI=1S/C16H19NO6.ClH/c1-4-21-16(7-8-20-15(16)17)12-5-6-13(22-10(2)18)14(9-12)23-11(3)19;/h5-9,15H,4,17H2,1-3H3;1H/t15-,16?;/m0./s1. The molecule has 2 N–H and O–H groups in total. The molecule has 0 saturated heterocycles. The Hall–Kier alpha value is -2.09. The summed E-state index contributed by atoms with van der Waals surface area (Å²) in [5, 5.41) is 0. The van der Waals surface area contributed by atoms with Crippen molar-refractivity contribution in [1.29, 1.82) is 0 Å². The number of halogens is 1. The number of ether oxygens (including phenoxy) is 4. The van der Waals surface area contributed by atoms with E-state index in [1.807, 2.05) is 6.92 Å². The summed E-state index contributed by atoms with van der Waals surface area (Å²) in [4.78, 5) is 22.5. The van der Waals surface area contributed by atoms with E-state index in [1.165, 1.54) is 26.2 Å². The van der Waals surface area contributed by atoms with Crippen LogP contribution < -0.4 is 15.2 Å². The van der Waals surface area contributed by atoms with Gasteiger partial charge in [-0.15, -0.1) is 12.4 Å². The Bertz CT molecular complexity index is 647. The highest BCUT2D eigenvalue weighted by atomic mass is 35.5. The Kier molecular flexibility index (Phi) is 6.77. The molecule has 1 aromatic carbocycles. The fourth-order valence-corrected chi connectivity index (χ4v) is 2.36. The average Bonchev–Trinajstić information content (AvgIpc) is 2.82. The highest BCUT2D eigenvalue weighted by Crippen LogP contribution is 2.39. The van der Waals surface area contributed by atoms with Crippen LogP contribution >= 0.6 is 12.4 Å². The van der Waals surface area contributed by atoms with Crippen LogP contribution in [0, 0.1) is 0 Å². The van der Waals surface area contributed by atoms with Gasteiger partial charge in [-0.2, -0.15) is 0 Å². The molecule has 132 valence electrons. The summed E-state index contributed by atoms with van der Waals surface area (Å²) in [6.45, 7) is 4.75. The molecule has 0 saturated carbocycles. The smallest absolute Gasteiger partial charge is 0.308 e. The van der Waals surface area contributed by atoms with E-state index in [0.717, 1.165) is 0 Å². The average molecular weight is 358 g/mol. The zero-order chi connectivity index (χ0) is 17.0. The maximum atomic E-state index is 11.3. The minimum atomic E-state index is -1.00. The molecular formula is C16H20ClNO6. The highest BCUT2D eigenvalue weighted by Gasteiger charge is 2.42. The molecule has 0 amide bonds. The van der Waals surface area contributed by atoms with Crippen LogP contribution in [0.2, 0.25) is 0 Å². The van der Waals surface area contributed by atoms with Crippen molar-refractivity contribution < 1.29 is 28.5 Å². The van der Waals surface area contributed by atoms with Crippen LogP contribution in [0.5, 0.6) is 11.5 Å². The molecule has 2 rings (SSSR count). The van der Waals surface area contributed by atoms with Gasteiger partial charge in [-0.25, -0.2) is 0 Å². The molecule has 24 heavy (non-hydrogen) atoms. The first-order valence-corrected chi connectivity index (χ1v) is 7.13. The number of carbonyl (C=O) groups is 2. The summed E-state index contributed by atoms with van der Waals surface area (Å²) in [6.07, 6.45) is 2.41. The molecule has 0 aromatic heterocycles. The third kappa shape index (κ3) is 4.05. The van der Waals surface area contributed by atoms with Crippen LogP contribution in [-0.4, -0.2) is 24.8 Å². The normalized spacial score (nSPS) is 21.6. The first-order chi connectivity index (χ1) is 10.9. The molecule has 2 atom stereocenters. The summed E-state index contributed by atoms with van der Waals surface area (Å²) in [5.74, 6) is -0.814. The molecule has 0 radical (unpaired) electrons. The lowest BCUT2D eigenvalue weighted by Crippen LogP contribution is -2.44. The van der Waals surface area contributed by atoms with E-state index in [1.54, 1.807) is 18.2 Å². The van der Waals surface area contributed by atoms with Gasteiger partial charge in [0.05, 0.1) is 6.26 Å². The molecule has 1 aromatic rings. The molecule has 0 spiro atoms. The van der Waals surface area contributed by atoms with Crippen molar-refractivity contribution in [1.82, 2.24) is 0 Å². The first kappa shape index (κ1) is 20.0. The van der Waals surface area contributed by atoms with Gasteiger partial charge in [0.25, 0.3) is 0 Å². The number of benzene rings is 1. The summed E-state index contributed by atoms with van der Waals surface area (Å²) >= 11 is 0. The predicted molar refractivity (Wildman–Crippen MR) is 87.8 cm³/mol. The van der Waals surface area contributed by atoms with Gasteiger partial charge in [0.15, 0.2) is 23.3 Å². The van der Waals surface area contributed by atoms with Crippen molar-refractivity contribution in [2.75, 3.05) is 6.61 Å². The van der Waals surface area contributed by atoms with Crippen LogP contribution in [0.25, 0.3) is 0 Å². The Morgan fingerprint density at radius 1 is 1.21 bits per heavy atom. The number of hydrogen-bond donors (Lipinski definition) is 1. The molecule has 1 heterocycles. The van der Waals surface area contributed by atoms with Crippen LogP contribution in [0.4, 0.5) is 0 Å². The third-order valence-electron chi connectivity index (χ3n) is 3.25. The molecular weight excluding hydrogens is 338 g/mol. The minimum Gasteiger partial charge on any atom is -0.480 e. The molecule has 0 aliphatic carbocycles. The summed E-state index contributed by atoms with van der Waals surface area (Å²) < 4.78 is 21.2. The van der Waals surface area contributed by atoms with Gasteiger partial charge in [-0.1, -0.05) is 6.07 Å². The molecule has 7 nitrogen and oxygen atoms in total. The lowest BCUT2D eigenvalue weighted by atomic mass is 9.92. The van der Waals surface area contributed by atoms with Crippen LogP contribution in [0.15, 0.2) is 30.5 Å². The molecule has 0 fully saturated rings. The molecule has 1 aliphatic rings. The van der Waals surface area contributed by atoms with Gasteiger partial charge >= 0.3 is 11.9 Å². The fourth-order valence-electron chi connectivity index (χ4n) is 2.36. The van der Waals surface area contributed by atoms with Crippen molar-refractivity contribution in [2.24, 2.45) is 5.73 Å². The third-order valence-corrected chi connectivity index (χ3v) is 3.25. The van der Waals surface area contributed by atoms with Crippen LogP contribution in [0.1, 0.15) is 26.3 Å². The number of hydrogen-bond acceptors (Lipinski definition) is 7. The van der Waals surface area contributed by atoms with Crippen LogP contribution in [-0.2, 0) is 24.7 Å². The van der Waals surface area contributed by atoms with Gasteiger partial charge in [0.2, 0.25) is 0 Å². The summed E-state index contributed by atoms with van der Waals surface area (Å²) in [6, 6.07) is 4.75. The molecule has 1 unspecified atom stereocenters. The Morgan fingerprint density at radius 2 is 1.83 bits per heavy atom. The Balaban J connectivity index is 0.00000288. The van der Waals surface area contributed by atoms with Gasteiger partial charge in [0.1, 0.15) is 0 Å². The van der Waals surface area contributed by atoms with Crippen molar-refractivity contribution in [3.05, 3.63) is 36.1 Å². The quantitative estimate of drug-likeness (QED) is 0.636. The van der Waals surface area contributed by atoms with E-state index in [4.69, 9.17) is 24.7 Å². The monoisotopic (exact) mass is 357 g/mol. The highest BCUT2D eigenvalue weighted by molar-refractivity contribution is 5.85. The van der Waals surface area contributed by atoms with Crippen molar-refractivity contribution in [3.8, 4) is 11.5 Å². The fraction of sp³-hybridized carbons (Fsp3) is 0.375. The maximum absolute atomic E-state index is 11.3. The SMILES string of the molecule is CCOC1(c2ccc(OC(C)=O)c(OC(C)=O)c2)C=CO[C@@H]1N.Cl. The van der Waals surface area contributed by atoms with Crippen molar-refractivity contribution in [3.63, 3.8) is 0 Å². The Labute approximate surface area is 146 Å². The number of nitrogens with two attached hydrogens (primary N) is 1. The van der Waals surface area contributed by atoms with E-state index >= 15 is 0 Å². The second kappa shape index (κ2) is 8.14. The second-order valence-electron chi connectivity index (χ2n) is 4.93. The second-order valence-corrected chi connectivity index (χ2v) is 4.93. The van der Waals surface area contributed by atoms with E-state index in [2.05, 4.69) is 0 Å². The van der Waals surface area contributed by atoms with Crippen LogP contribution in [0.3, 0.4) is 0 Å². The topological polar surface area (TPSA) is 97.1 Å². The number of esters is 2. The molecule has 1 aliphatic heterocycles. The van der Waals surface area contributed by atoms with E-state index in [0.29, 0.717) is 12.2 Å². The molecule has 8 heteroatoms. The van der Waals surface area contributed by atoms with E-state index in [9.17, 15) is 9.59 Å². The van der Waals surface area contributed by atoms with Gasteiger partial charge < -0.3 is 18.9 Å². The zero-order valence-corrected chi connectivity index (χ0v) is 14.4. The number of carbonyl (C=O) groups excluding carboxylic acids is 2. The summed E-state index contributed by atoms with van der Waals surface area (Å²) in [5.41, 5.74) is 5.62. The lowest BCUT2D eigenvalue weighted by Gasteiger charge is -2.31.